The molecule has 3 aromatic heterocycles. The van der Waals surface area contributed by atoms with Gasteiger partial charge in [0.15, 0.2) is 23.1 Å². The van der Waals surface area contributed by atoms with Gasteiger partial charge in [0.25, 0.3) is 0 Å². The van der Waals surface area contributed by atoms with Crippen molar-refractivity contribution in [3.8, 4) is 62.4 Å². The van der Waals surface area contributed by atoms with E-state index in [0.717, 1.165) is 77.7 Å². The Morgan fingerprint density at radius 1 is 0.382 bits per heavy atom. The van der Waals surface area contributed by atoms with Crippen molar-refractivity contribution in [1.82, 2.24) is 24.5 Å². The van der Waals surface area contributed by atoms with E-state index in [1.165, 1.54) is 22.5 Å². The fourth-order valence-electron chi connectivity index (χ4n) is 10.0. The summed E-state index contributed by atoms with van der Waals surface area (Å²) in [7, 11) is 0. The summed E-state index contributed by atoms with van der Waals surface area (Å²) in [6, 6.07) is 76.4. The number of para-hydroxylation sites is 2. The van der Waals surface area contributed by atoms with Gasteiger partial charge in [0.1, 0.15) is 5.52 Å². The topological polar surface area (TPSA) is 72.9 Å². The maximum atomic E-state index is 6.51. The molecule has 0 saturated heterocycles. The van der Waals surface area contributed by atoms with Crippen molar-refractivity contribution < 1.29 is 4.42 Å². The molecule has 68 heavy (non-hydrogen) atoms. The predicted octanol–water partition coefficient (Wildman–Crippen LogP) is 15.6. The Morgan fingerprint density at radius 3 is 1.56 bits per heavy atom. The molecule has 322 valence electrons. The van der Waals surface area contributed by atoms with Crippen LogP contribution in [0.4, 0.5) is 17.1 Å². The second-order valence-electron chi connectivity index (χ2n) is 17.9. The molecule has 1 aliphatic heterocycles. The predicted molar refractivity (Wildman–Crippen MR) is 276 cm³/mol. The van der Waals surface area contributed by atoms with Crippen LogP contribution in [0.2, 0.25) is 0 Å². The van der Waals surface area contributed by atoms with Crippen LogP contribution < -0.4 is 4.90 Å². The zero-order valence-electron chi connectivity index (χ0n) is 37.4. The molecule has 12 aromatic rings. The minimum Gasteiger partial charge on any atom is -0.436 e. The molecule has 13 rings (SSSR count). The van der Waals surface area contributed by atoms with Gasteiger partial charge in [-0.1, -0.05) is 141 Å². The number of aromatic nitrogens is 5. The molecule has 9 aromatic carbocycles. The summed E-state index contributed by atoms with van der Waals surface area (Å²) < 4.78 is 8.84. The maximum Gasteiger partial charge on any atom is 0.227 e. The zero-order valence-corrected chi connectivity index (χ0v) is 37.4. The van der Waals surface area contributed by atoms with Gasteiger partial charge in [-0.25, -0.2) is 19.9 Å². The van der Waals surface area contributed by atoms with Crippen LogP contribution in [0, 0.1) is 0 Å². The molecule has 0 aliphatic carbocycles. The third-order valence-electron chi connectivity index (χ3n) is 13.5. The number of benzene rings is 9. The van der Waals surface area contributed by atoms with Crippen molar-refractivity contribution >= 4 is 50.0 Å². The number of rotatable bonds is 7. The second-order valence-corrected chi connectivity index (χ2v) is 17.9. The van der Waals surface area contributed by atoms with Gasteiger partial charge in [-0.05, 0) is 113 Å². The molecule has 0 saturated carbocycles. The van der Waals surface area contributed by atoms with Crippen molar-refractivity contribution in [2.75, 3.05) is 4.90 Å². The van der Waals surface area contributed by atoms with Gasteiger partial charge in [0, 0.05) is 49.8 Å². The molecule has 0 radical (unpaired) electrons. The highest BCUT2D eigenvalue weighted by molar-refractivity contribution is 6.13. The Kier molecular flexibility index (Phi) is 9.05. The highest BCUT2D eigenvalue weighted by Gasteiger charge is 2.37. The van der Waals surface area contributed by atoms with E-state index in [9.17, 15) is 0 Å². The van der Waals surface area contributed by atoms with E-state index in [1.54, 1.807) is 0 Å². The summed E-state index contributed by atoms with van der Waals surface area (Å²) in [6.45, 7) is 4.69. The van der Waals surface area contributed by atoms with E-state index < -0.39 is 0 Å². The molecule has 0 amide bonds. The van der Waals surface area contributed by atoms with Gasteiger partial charge in [-0.15, -0.1) is 0 Å². The van der Waals surface area contributed by atoms with Crippen LogP contribution >= 0.6 is 0 Å². The van der Waals surface area contributed by atoms with Gasteiger partial charge < -0.3 is 13.9 Å². The maximum absolute atomic E-state index is 6.51. The molecule has 0 fully saturated rings. The summed E-state index contributed by atoms with van der Waals surface area (Å²) in [5.74, 6) is 2.46. The van der Waals surface area contributed by atoms with E-state index >= 15 is 0 Å². The molecule has 0 N–H and O–H groups in total. The number of anilines is 3. The van der Waals surface area contributed by atoms with Crippen LogP contribution in [0.5, 0.6) is 0 Å². The molecule has 0 unspecified atom stereocenters. The van der Waals surface area contributed by atoms with Crippen LogP contribution in [-0.2, 0) is 5.41 Å². The molecular formula is C61H42N6O. The quantitative estimate of drug-likeness (QED) is 0.159. The van der Waals surface area contributed by atoms with Crippen LogP contribution in [0.25, 0.3) is 95.3 Å². The largest absolute Gasteiger partial charge is 0.436 e. The molecular weight excluding hydrogens is 833 g/mol. The van der Waals surface area contributed by atoms with Crippen molar-refractivity contribution in [1.29, 1.82) is 0 Å². The van der Waals surface area contributed by atoms with E-state index in [2.05, 4.69) is 151 Å². The monoisotopic (exact) mass is 874 g/mol. The standard InChI is InChI=1S/C61H42N6O/c1-61(2)49-25-15-16-26-53(49)67(45-23-13-6-14-24-45)54-34-30-44(36-50(54)61)43-29-33-52-47(35-43)48-37-56-51(62-60(68-56)42-21-11-5-12-22-42)38-55(48)66(52)46-31-27-41(28-32-46)59-64-57(39-17-7-3-8-18-39)63-58(65-59)40-19-9-4-10-20-40/h3-38H,1-2H3. The third kappa shape index (κ3) is 6.50. The summed E-state index contributed by atoms with van der Waals surface area (Å²) in [6.07, 6.45) is 0. The number of hydrogen-bond acceptors (Lipinski definition) is 6. The summed E-state index contributed by atoms with van der Waals surface area (Å²) in [5.41, 5.74) is 16.5. The van der Waals surface area contributed by atoms with Crippen LogP contribution in [0.15, 0.2) is 223 Å². The fraction of sp³-hybridized carbons (Fsp3) is 0.0492. The minimum absolute atomic E-state index is 0.235. The smallest absolute Gasteiger partial charge is 0.227 e. The highest BCUT2D eigenvalue weighted by Crippen LogP contribution is 2.52. The molecule has 7 nitrogen and oxygen atoms in total. The summed E-state index contributed by atoms with van der Waals surface area (Å²) in [5, 5.41) is 2.20. The highest BCUT2D eigenvalue weighted by atomic mass is 16.3. The van der Waals surface area contributed by atoms with Gasteiger partial charge in [-0.2, -0.15) is 0 Å². The molecule has 0 spiro atoms. The van der Waals surface area contributed by atoms with Crippen molar-refractivity contribution in [2.45, 2.75) is 19.3 Å². The molecule has 0 atom stereocenters. The van der Waals surface area contributed by atoms with Crippen LogP contribution in [-0.4, -0.2) is 24.5 Å². The van der Waals surface area contributed by atoms with Gasteiger partial charge in [0.2, 0.25) is 5.89 Å². The number of nitrogens with zero attached hydrogens (tertiary/aromatic N) is 6. The van der Waals surface area contributed by atoms with Crippen LogP contribution in [0.3, 0.4) is 0 Å². The van der Waals surface area contributed by atoms with E-state index in [0.29, 0.717) is 23.4 Å². The van der Waals surface area contributed by atoms with Gasteiger partial charge >= 0.3 is 0 Å². The lowest BCUT2D eigenvalue weighted by Gasteiger charge is -2.42. The van der Waals surface area contributed by atoms with Crippen molar-refractivity contribution in [2.24, 2.45) is 0 Å². The first-order valence-corrected chi connectivity index (χ1v) is 23.0. The number of oxazole rings is 1. The van der Waals surface area contributed by atoms with Gasteiger partial charge in [-0.3, -0.25) is 0 Å². The van der Waals surface area contributed by atoms with E-state index in [-0.39, 0.29) is 5.41 Å². The van der Waals surface area contributed by atoms with Crippen LogP contribution in [0.1, 0.15) is 25.0 Å². The SMILES string of the molecule is CC1(C)c2ccccc2N(c2ccccc2)c2ccc(-c3ccc4c(c3)c3cc5oc(-c6ccccc6)nc5cc3n4-c3ccc(-c4nc(-c5ccccc5)nc(-c5ccccc5)n4)cc3)cc21. The Labute approximate surface area is 393 Å². The first-order valence-electron chi connectivity index (χ1n) is 23.0. The lowest BCUT2D eigenvalue weighted by Crippen LogP contribution is -2.30. The molecule has 7 heteroatoms. The third-order valence-corrected chi connectivity index (χ3v) is 13.5. The average molecular weight is 875 g/mol. The van der Waals surface area contributed by atoms with Crippen molar-refractivity contribution in [3.05, 3.63) is 230 Å². The molecule has 0 bridgehead atoms. The van der Waals surface area contributed by atoms with Crippen molar-refractivity contribution in [3.63, 3.8) is 0 Å². The second kappa shape index (κ2) is 15.6. The first kappa shape index (κ1) is 39.4. The lowest BCUT2D eigenvalue weighted by molar-refractivity contribution is 0.620. The first-order chi connectivity index (χ1) is 33.4. The number of hydrogen-bond donors (Lipinski definition) is 0. The zero-order chi connectivity index (χ0) is 45.3. The number of fused-ring (bicyclic) bond motifs is 6. The van der Waals surface area contributed by atoms with E-state index in [4.69, 9.17) is 24.4 Å². The van der Waals surface area contributed by atoms with Gasteiger partial charge in [0.05, 0.1) is 22.4 Å². The molecule has 1 aliphatic rings. The minimum atomic E-state index is -0.235. The summed E-state index contributed by atoms with van der Waals surface area (Å²) >= 11 is 0. The Balaban J connectivity index is 0.963. The Morgan fingerprint density at radius 2 is 0.897 bits per heavy atom. The summed E-state index contributed by atoms with van der Waals surface area (Å²) in [4.78, 5) is 22.3. The molecule has 4 heterocycles. The lowest BCUT2D eigenvalue weighted by atomic mass is 9.73. The average Bonchev–Trinajstić information content (AvgIpc) is 3.97. The Bertz CT molecular complexity index is 3800. The normalized spacial score (nSPS) is 12.9. The fourth-order valence-corrected chi connectivity index (χ4v) is 10.0. The van der Waals surface area contributed by atoms with E-state index in [1.807, 2.05) is 91.0 Å². The Hall–Kier alpha value is -8.94.